The van der Waals surface area contributed by atoms with Crippen LogP contribution >= 0.6 is 23.2 Å². The lowest BCUT2D eigenvalue weighted by molar-refractivity contribution is 0.574. The van der Waals surface area contributed by atoms with Crippen LogP contribution in [0.15, 0.2) is 29.2 Å². The predicted molar refractivity (Wildman–Crippen MR) is 75.8 cm³/mol. The quantitative estimate of drug-likeness (QED) is 0.591. The largest absolute Gasteiger partial charge is 0.240 e. The molecule has 0 aromatic heterocycles. The summed E-state index contributed by atoms with van der Waals surface area (Å²) in [7, 11) is -3.44. The number of hydrogen-bond donors (Lipinski definition) is 1. The van der Waals surface area contributed by atoms with Gasteiger partial charge in [-0.05, 0) is 31.0 Å². The van der Waals surface area contributed by atoms with Crippen LogP contribution in [0.1, 0.15) is 25.7 Å². The molecule has 0 bridgehead atoms. The summed E-state index contributed by atoms with van der Waals surface area (Å²) in [6.07, 6.45) is 3.80. The Hall–Kier alpha value is -0.290. The first-order chi connectivity index (χ1) is 8.56. The van der Waals surface area contributed by atoms with E-state index in [-0.39, 0.29) is 4.90 Å². The van der Waals surface area contributed by atoms with Gasteiger partial charge in [0.1, 0.15) is 0 Å². The summed E-state index contributed by atoms with van der Waals surface area (Å²) >= 11 is 11.3. The molecule has 0 amide bonds. The SMILES string of the molecule is O=S(=O)(NCCCCCCCl)c1cccc(Cl)c1. The molecule has 0 aliphatic heterocycles. The van der Waals surface area contributed by atoms with Crippen molar-refractivity contribution < 1.29 is 8.42 Å². The molecule has 3 nitrogen and oxygen atoms in total. The fourth-order valence-corrected chi connectivity index (χ4v) is 3.06. The second-order valence-corrected chi connectivity index (χ2v) is 6.54. The highest BCUT2D eigenvalue weighted by Gasteiger charge is 2.12. The average Bonchev–Trinajstić information content (AvgIpc) is 2.33. The van der Waals surface area contributed by atoms with E-state index in [1.165, 1.54) is 12.1 Å². The molecule has 0 heterocycles. The van der Waals surface area contributed by atoms with Crippen molar-refractivity contribution in [2.24, 2.45) is 0 Å². The van der Waals surface area contributed by atoms with E-state index in [1.54, 1.807) is 12.1 Å². The lowest BCUT2D eigenvalue weighted by Gasteiger charge is -2.06. The molecule has 0 saturated heterocycles. The van der Waals surface area contributed by atoms with Crippen molar-refractivity contribution in [2.45, 2.75) is 30.6 Å². The Labute approximate surface area is 119 Å². The van der Waals surface area contributed by atoms with E-state index in [1.807, 2.05) is 0 Å². The van der Waals surface area contributed by atoms with Gasteiger partial charge < -0.3 is 0 Å². The zero-order valence-corrected chi connectivity index (χ0v) is 12.4. The standard InChI is InChI=1S/C12H17Cl2NO2S/c13-8-3-1-2-4-9-15-18(16,17)12-7-5-6-11(14)10-12/h5-7,10,15H,1-4,8-9H2. The zero-order chi connectivity index (χ0) is 13.4. The highest BCUT2D eigenvalue weighted by atomic mass is 35.5. The summed E-state index contributed by atoms with van der Waals surface area (Å²) in [5.41, 5.74) is 0. The number of nitrogens with one attached hydrogen (secondary N) is 1. The Morgan fingerprint density at radius 2 is 1.83 bits per heavy atom. The van der Waals surface area contributed by atoms with E-state index in [9.17, 15) is 8.42 Å². The van der Waals surface area contributed by atoms with Gasteiger partial charge in [0, 0.05) is 17.4 Å². The van der Waals surface area contributed by atoms with Gasteiger partial charge in [-0.25, -0.2) is 13.1 Å². The zero-order valence-electron chi connectivity index (χ0n) is 10.0. The Bertz CT molecular complexity index is 463. The van der Waals surface area contributed by atoms with Crippen LogP contribution in [0.2, 0.25) is 5.02 Å². The fourth-order valence-electron chi connectivity index (χ4n) is 1.50. The van der Waals surface area contributed by atoms with Crippen molar-refractivity contribution in [3.63, 3.8) is 0 Å². The Morgan fingerprint density at radius 1 is 1.11 bits per heavy atom. The molecule has 1 rings (SSSR count). The highest BCUT2D eigenvalue weighted by molar-refractivity contribution is 7.89. The Morgan fingerprint density at radius 3 is 2.50 bits per heavy atom. The molecule has 1 aromatic rings. The molecule has 102 valence electrons. The molecule has 0 aliphatic carbocycles. The van der Waals surface area contributed by atoms with Crippen molar-refractivity contribution in [1.82, 2.24) is 4.72 Å². The first kappa shape index (κ1) is 15.8. The molecule has 0 unspecified atom stereocenters. The first-order valence-electron chi connectivity index (χ1n) is 5.87. The van der Waals surface area contributed by atoms with Gasteiger partial charge in [0.25, 0.3) is 0 Å². The second-order valence-electron chi connectivity index (χ2n) is 3.96. The van der Waals surface area contributed by atoms with E-state index in [0.29, 0.717) is 17.4 Å². The van der Waals surface area contributed by atoms with Gasteiger partial charge in [-0.3, -0.25) is 0 Å². The summed E-state index contributed by atoms with van der Waals surface area (Å²) < 4.78 is 26.3. The summed E-state index contributed by atoms with van der Waals surface area (Å²) in [4.78, 5) is 0.204. The molecule has 1 N–H and O–H groups in total. The van der Waals surface area contributed by atoms with E-state index in [0.717, 1.165) is 25.7 Å². The molecule has 0 radical (unpaired) electrons. The van der Waals surface area contributed by atoms with Crippen molar-refractivity contribution in [1.29, 1.82) is 0 Å². The summed E-state index contributed by atoms with van der Waals surface area (Å²) in [6.45, 7) is 0.442. The van der Waals surface area contributed by atoms with Crippen LogP contribution < -0.4 is 4.72 Å². The third-order valence-corrected chi connectivity index (χ3v) is 4.42. The van der Waals surface area contributed by atoms with Gasteiger partial charge in [-0.15, -0.1) is 11.6 Å². The number of rotatable bonds is 8. The maximum atomic E-state index is 11.9. The minimum atomic E-state index is -3.44. The van der Waals surface area contributed by atoms with E-state index in [2.05, 4.69) is 4.72 Å². The van der Waals surface area contributed by atoms with E-state index < -0.39 is 10.0 Å². The topological polar surface area (TPSA) is 46.2 Å². The number of unbranched alkanes of at least 4 members (excludes halogenated alkanes) is 3. The monoisotopic (exact) mass is 309 g/mol. The fraction of sp³-hybridized carbons (Fsp3) is 0.500. The molecule has 0 aliphatic rings. The summed E-state index contributed by atoms with van der Waals surface area (Å²) in [5, 5.41) is 0.417. The highest BCUT2D eigenvalue weighted by Crippen LogP contribution is 2.15. The molecule has 0 saturated carbocycles. The lowest BCUT2D eigenvalue weighted by Crippen LogP contribution is -2.24. The van der Waals surface area contributed by atoms with Crippen LogP contribution in [-0.4, -0.2) is 20.8 Å². The van der Waals surface area contributed by atoms with Crippen molar-refractivity contribution >= 4 is 33.2 Å². The second kappa shape index (κ2) is 8.00. The molecule has 0 fully saturated rings. The number of benzene rings is 1. The maximum Gasteiger partial charge on any atom is 0.240 e. The third-order valence-electron chi connectivity index (χ3n) is 2.46. The molecule has 0 spiro atoms. The van der Waals surface area contributed by atoms with E-state index >= 15 is 0 Å². The molecule has 0 atom stereocenters. The van der Waals surface area contributed by atoms with Gasteiger partial charge >= 0.3 is 0 Å². The molecular formula is C12H17Cl2NO2S. The van der Waals surface area contributed by atoms with Crippen molar-refractivity contribution in [3.8, 4) is 0 Å². The minimum Gasteiger partial charge on any atom is -0.211 e. The molecule has 1 aromatic carbocycles. The van der Waals surface area contributed by atoms with Crippen LogP contribution in [0, 0.1) is 0 Å². The van der Waals surface area contributed by atoms with Crippen LogP contribution in [0.5, 0.6) is 0 Å². The lowest BCUT2D eigenvalue weighted by atomic mass is 10.2. The van der Waals surface area contributed by atoms with Crippen molar-refractivity contribution in [2.75, 3.05) is 12.4 Å². The van der Waals surface area contributed by atoms with Gasteiger partial charge in [0.05, 0.1) is 4.90 Å². The number of hydrogen-bond acceptors (Lipinski definition) is 2. The normalized spacial score (nSPS) is 11.7. The van der Waals surface area contributed by atoms with Crippen LogP contribution in [0.25, 0.3) is 0 Å². The predicted octanol–water partition coefficient (Wildman–Crippen LogP) is 3.42. The maximum absolute atomic E-state index is 11.9. The smallest absolute Gasteiger partial charge is 0.211 e. The van der Waals surface area contributed by atoms with Gasteiger partial charge in [0.2, 0.25) is 10.0 Å². The van der Waals surface area contributed by atoms with Gasteiger partial charge in [0.15, 0.2) is 0 Å². The average molecular weight is 310 g/mol. The van der Waals surface area contributed by atoms with Gasteiger partial charge in [-0.1, -0.05) is 30.5 Å². The minimum absolute atomic E-state index is 0.204. The van der Waals surface area contributed by atoms with Crippen LogP contribution in [0.4, 0.5) is 0 Å². The van der Waals surface area contributed by atoms with E-state index in [4.69, 9.17) is 23.2 Å². The molecular weight excluding hydrogens is 293 g/mol. The van der Waals surface area contributed by atoms with Gasteiger partial charge in [-0.2, -0.15) is 0 Å². The number of sulfonamides is 1. The first-order valence-corrected chi connectivity index (χ1v) is 8.27. The number of alkyl halides is 1. The summed E-state index contributed by atoms with van der Waals surface area (Å²) in [5.74, 6) is 0.661. The third kappa shape index (κ3) is 5.57. The van der Waals surface area contributed by atoms with Crippen molar-refractivity contribution in [3.05, 3.63) is 29.3 Å². The Balaban J connectivity index is 2.41. The number of halogens is 2. The Kier molecular flexibility index (Phi) is 7.00. The van der Waals surface area contributed by atoms with Crippen LogP contribution in [-0.2, 0) is 10.0 Å². The van der Waals surface area contributed by atoms with Crippen LogP contribution in [0.3, 0.4) is 0 Å². The summed E-state index contributed by atoms with van der Waals surface area (Å²) in [6, 6.07) is 6.24. The molecule has 6 heteroatoms. The molecule has 18 heavy (non-hydrogen) atoms.